The molecule has 14 heavy (non-hydrogen) atoms. The zero-order valence-corrected chi connectivity index (χ0v) is 9.63. The van der Waals surface area contributed by atoms with Crippen LogP contribution in [0.3, 0.4) is 0 Å². The summed E-state index contributed by atoms with van der Waals surface area (Å²) in [5, 5.41) is 3.46. The molecule has 2 nitrogen and oxygen atoms in total. The predicted octanol–water partition coefficient (Wildman–Crippen LogP) is 1.86. The molecule has 1 N–H and O–H groups in total. The topological polar surface area (TPSA) is 15.3 Å². The molecule has 2 rings (SSSR count). The highest BCUT2D eigenvalue weighted by molar-refractivity contribution is 4.88. The van der Waals surface area contributed by atoms with Gasteiger partial charge in [-0.2, -0.15) is 0 Å². The molecule has 0 aromatic rings. The number of nitrogens with one attached hydrogen (secondary N) is 1. The van der Waals surface area contributed by atoms with Crippen molar-refractivity contribution in [3.63, 3.8) is 0 Å². The summed E-state index contributed by atoms with van der Waals surface area (Å²) < 4.78 is 0. The van der Waals surface area contributed by atoms with Crippen LogP contribution in [0.2, 0.25) is 0 Å². The van der Waals surface area contributed by atoms with Gasteiger partial charge < -0.3 is 5.32 Å². The van der Waals surface area contributed by atoms with Gasteiger partial charge in [0.05, 0.1) is 0 Å². The third-order valence-corrected chi connectivity index (χ3v) is 3.89. The first-order chi connectivity index (χ1) is 6.79. The molecule has 2 heterocycles. The predicted molar refractivity (Wildman–Crippen MR) is 60.5 cm³/mol. The number of rotatable bonds is 2. The van der Waals surface area contributed by atoms with Crippen LogP contribution in [0.25, 0.3) is 0 Å². The maximum absolute atomic E-state index is 3.46. The van der Waals surface area contributed by atoms with Crippen molar-refractivity contribution >= 4 is 0 Å². The summed E-state index contributed by atoms with van der Waals surface area (Å²) in [5.74, 6) is 0.840. The molecule has 0 aromatic heterocycles. The van der Waals surface area contributed by atoms with Gasteiger partial charge >= 0.3 is 0 Å². The maximum atomic E-state index is 3.46. The minimum atomic E-state index is 0.840. The molecule has 2 fully saturated rings. The summed E-state index contributed by atoms with van der Waals surface area (Å²) >= 11 is 0. The fourth-order valence-corrected chi connectivity index (χ4v) is 3.12. The van der Waals surface area contributed by atoms with E-state index in [9.17, 15) is 0 Å². The number of likely N-dealkylation sites (tertiary alicyclic amines) is 1. The van der Waals surface area contributed by atoms with Crippen LogP contribution in [0.5, 0.6) is 0 Å². The van der Waals surface area contributed by atoms with Crippen molar-refractivity contribution < 1.29 is 0 Å². The second-order valence-corrected chi connectivity index (χ2v) is 5.17. The van der Waals surface area contributed by atoms with E-state index in [1.807, 2.05) is 0 Å². The lowest BCUT2D eigenvalue weighted by molar-refractivity contribution is 0.121. The van der Waals surface area contributed by atoms with Gasteiger partial charge in [-0.15, -0.1) is 0 Å². The Balaban J connectivity index is 1.94. The first-order valence-corrected chi connectivity index (χ1v) is 6.25. The van der Waals surface area contributed by atoms with Gasteiger partial charge in [0.1, 0.15) is 0 Å². The van der Waals surface area contributed by atoms with Crippen molar-refractivity contribution in [2.75, 3.05) is 19.6 Å². The fraction of sp³-hybridized carbons (Fsp3) is 1.00. The SMILES string of the molecule is CC(C)[C@@H]1CCCN1C1CCNCC1. The standard InChI is InChI=1S/C12H24N2/c1-10(2)12-4-3-9-14(12)11-5-7-13-8-6-11/h10-13H,3-9H2,1-2H3/t12-/m0/s1. The third kappa shape index (κ3) is 2.12. The van der Waals surface area contributed by atoms with E-state index < -0.39 is 0 Å². The average Bonchev–Trinajstić information content (AvgIpc) is 2.67. The summed E-state index contributed by atoms with van der Waals surface area (Å²) in [4.78, 5) is 2.80. The summed E-state index contributed by atoms with van der Waals surface area (Å²) in [6, 6.07) is 1.75. The minimum absolute atomic E-state index is 0.840. The van der Waals surface area contributed by atoms with Crippen LogP contribution < -0.4 is 5.32 Å². The Morgan fingerprint density at radius 2 is 1.86 bits per heavy atom. The first-order valence-electron chi connectivity index (χ1n) is 6.25. The minimum Gasteiger partial charge on any atom is -0.317 e. The molecule has 2 aliphatic heterocycles. The Hall–Kier alpha value is -0.0800. The highest BCUT2D eigenvalue weighted by atomic mass is 15.2. The van der Waals surface area contributed by atoms with Crippen LogP contribution in [0, 0.1) is 5.92 Å². The van der Waals surface area contributed by atoms with Gasteiger partial charge in [-0.1, -0.05) is 13.8 Å². The van der Waals surface area contributed by atoms with E-state index >= 15 is 0 Å². The van der Waals surface area contributed by atoms with E-state index in [-0.39, 0.29) is 0 Å². The number of nitrogens with zero attached hydrogens (tertiary/aromatic N) is 1. The molecule has 0 radical (unpaired) electrons. The first kappa shape index (κ1) is 10.4. The van der Waals surface area contributed by atoms with Crippen LogP contribution in [-0.2, 0) is 0 Å². The normalized spacial score (nSPS) is 31.5. The van der Waals surface area contributed by atoms with Gasteiger partial charge in [-0.3, -0.25) is 4.90 Å². The van der Waals surface area contributed by atoms with Crippen LogP contribution in [0.1, 0.15) is 39.5 Å². The Morgan fingerprint density at radius 3 is 2.50 bits per heavy atom. The fourth-order valence-electron chi connectivity index (χ4n) is 3.12. The van der Waals surface area contributed by atoms with Gasteiger partial charge in [0.2, 0.25) is 0 Å². The maximum Gasteiger partial charge on any atom is 0.0122 e. The number of hydrogen-bond acceptors (Lipinski definition) is 2. The van der Waals surface area contributed by atoms with Crippen LogP contribution in [0.4, 0.5) is 0 Å². The highest BCUT2D eigenvalue weighted by Crippen LogP contribution is 2.28. The summed E-state index contributed by atoms with van der Waals surface area (Å²) in [6.45, 7) is 8.57. The third-order valence-electron chi connectivity index (χ3n) is 3.89. The van der Waals surface area contributed by atoms with Gasteiger partial charge in [0.25, 0.3) is 0 Å². The van der Waals surface area contributed by atoms with Gasteiger partial charge in [0, 0.05) is 12.1 Å². The van der Waals surface area contributed by atoms with E-state index in [2.05, 4.69) is 24.1 Å². The molecule has 1 atom stereocenters. The van der Waals surface area contributed by atoms with E-state index in [1.54, 1.807) is 0 Å². The molecular formula is C12H24N2. The summed E-state index contributed by atoms with van der Waals surface area (Å²) in [5.41, 5.74) is 0. The van der Waals surface area contributed by atoms with Crippen molar-refractivity contribution in [2.45, 2.75) is 51.6 Å². The second kappa shape index (κ2) is 4.63. The van der Waals surface area contributed by atoms with Crippen molar-refractivity contribution in [1.82, 2.24) is 10.2 Å². The van der Waals surface area contributed by atoms with Crippen molar-refractivity contribution in [3.8, 4) is 0 Å². The molecule has 0 spiro atoms. The van der Waals surface area contributed by atoms with Crippen LogP contribution >= 0.6 is 0 Å². The molecular weight excluding hydrogens is 172 g/mol. The Bertz CT molecular complexity index is 173. The van der Waals surface area contributed by atoms with E-state index in [1.165, 1.54) is 45.3 Å². The molecule has 0 unspecified atom stereocenters. The zero-order chi connectivity index (χ0) is 9.97. The molecule has 0 bridgehead atoms. The van der Waals surface area contributed by atoms with Gasteiger partial charge in [-0.05, 0) is 51.2 Å². The lowest BCUT2D eigenvalue weighted by atomic mass is 9.98. The largest absolute Gasteiger partial charge is 0.317 e. The Morgan fingerprint density at radius 1 is 1.14 bits per heavy atom. The lowest BCUT2D eigenvalue weighted by Crippen LogP contribution is -2.46. The molecule has 2 saturated heterocycles. The smallest absolute Gasteiger partial charge is 0.0122 e. The quantitative estimate of drug-likeness (QED) is 0.725. The molecule has 2 heteroatoms. The van der Waals surface area contributed by atoms with E-state index in [0.29, 0.717) is 0 Å². The van der Waals surface area contributed by atoms with Gasteiger partial charge in [0.15, 0.2) is 0 Å². The highest BCUT2D eigenvalue weighted by Gasteiger charge is 2.32. The van der Waals surface area contributed by atoms with Crippen LogP contribution in [-0.4, -0.2) is 36.6 Å². The van der Waals surface area contributed by atoms with Crippen molar-refractivity contribution in [2.24, 2.45) is 5.92 Å². The Kier molecular flexibility index (Phi) is 3.45. The van der Waals surface area contributed by atoms with E-state index in [0.717, 1.165) is 18.0 Å². The molecule has 2 aliphatic rings. The monoisotopic (exact) mass is 196 g/mol. The second-order valence-electron chi connectivity index (χ2n) is 5.17. The average molecular weight is 196 g/mol. The van der Waals surface area contributed by atoms with E-state index in [4.69, 9.17) is 0 Å². The number of piperidine rings is 1. The number of hydrogen-bond donors (Lipinski definition) is 1. The zero-order valence-electron chi connectivity index (χ0n) is 9.63. The summed E-state index contributed by atoms with van der Waals surface area (Å²) in [6.07, 6.45) is 5.58. The van der Waals surface area contributed by atoms with Crippen molar-refractivity contribution in [1.29, 1.82) is 0 Å². The molecule has 0 saturated carbocycles. The molecule has 0 aliphatic carbocycles. The Labute approximate surface area is 88.1 Å². The van der Waals surface area contributed by atoms with Crippen molar-refractivity contribution in [3.05, 3.63) is 0 Å². The molecule has 0 amide bonds. The molecule has 0 aromatic carbocycles. The van der Waals surface area contributed by atoms with Crippen LogP contribution in [0.15, 0.2) is 0 Å². The van der Waals surface area contributed by atoms with Gasteiger partial charge in [-0.25, -0.2) is 0 Å². The molecule has 82 valence electrons. The lowest BCUT2D eigenvalue weighted by Gasteiger charge is -2.37. The summed E-state index contributed by atoms with van der Waals surface area (Å²) in [7, 11) is 0.